The molecule has 0 atom stereocenters. The Kier molecular flexibility index (Phi) is 3.03. The molecule has 3 nitrogen and oxygen atoms in total. The van der Waals surface area contributed by atoms with E-state index in [1.807, 2.05) is 13.8 Å². The van der Waals surface area contributed by atoms with Crippen LogP contribution in [0.3, 0.4) is 0 Å². The molecule has 0 spiro atoms. The van der Waals surface area contributed by atoms with E-state index in [1.54, 1.807) is 0 Å². The van der Waals surface area contributed by atoms with E-state index in [4.69, 9.17) is 10.8 Å². The molecule has 90 valence electrons. The van der Waals surface area contributed by atoms with Crippen molar-refractivity contribution in [3.8, 4) is 0 Å². The first-order valence-corrected chi connectivity index (χ1v) is 5.92. The lowest BCUT2D eigenvalue weighted by atomic mass is 9.97. The fraction of sp³-hybridized carbons (Fsp3) is 0.357. The van der Waals surface area contributed by atoms with Gasteiger partial charge in [-0.1, -0.05) is 32.0 Å². The van der Waals surface area contributed by atoms with Crippen molar-refractivity contribution in [2.24, 2.45) is 5.84 Å². The second-order valence-electron chi connectivity index (χ2n) is 4.74. The summed E-state index contributed by atoms with van der Waals surface area (Å²) in [6.45, 7) is 8.42. The minimum atomic E-state index is 0.457. The van der Waals surface area contributed by atoms with Gasteiger partial charge in [0.15, 0.2) is 0 Å². The predicted octanol–water partition coefficient (Wildman–Crippen LogP) is 3.26. The second-order valence-corrected chi connectivity index (χ2v) is 4.74. The molecule has 1 aromatic carbocycles. The predicted molar refractivity (Wildman–Crippen MR) is 73.1 cm³/mol. The molecule has 2 rings (SSSR count). The van der Waals surface area contributed by atoms with Crippen LogP contribution in [-0.2, 0) is 0 Å². The third-order valence-electron chi connectivity index (χ3n) is 3.30. The molecule has 0 radical (unpaired) electrons. The first-order chi connectivity index (χ1) is 8.06. The van der Waals surface area contributed by atoms with Gasteiger partial charge in [0.05, 0.1) is 11.2 Å². The van der Waals surface area contributed by atoms with Crippen LogP contribution in [-0.4, -0.2) is 4.98 Å². The third-order valence-corrected chi connectivity index (χ3v) is 3.30. The standard InChI is InChI=1S/C14H19N3/c1-8(2)11-6-5-7-12-13(17-15)9(3)10(4)16-14(11)12/h5-8H,15H2,1-4H3,(H,16,17). The zero-order chi connectivity index (χ0) is 12.6. The van der Waals surface area contributed by atoms with Gasteiger partial charge < -0.3 is 5.43 Å². The maximum Gasteiger partial charge on any atom is 0.0761 e. The number of pyridine rings is 1. The summed E-state index contributed by atoms with van der Waals surface area (Å²) in [5.41, 5.74) is 8.25. The van der Waals surface area contributed by atoms with Crippen LogP contribution >= 0.6 is 0 Å². The number of benzene rings is 1. The van der Waals surface area contributed by atoms with Gasteiger partial charge in [0.2, 0.25) is 0 Å². The average molecular weight is 229 g/mol. The summed E-state index contributed by atoms with van der Waals surface area (Å²) >= 11 is 0. The van der Waals surface area contributed by atoms with Crippen LogP contribution in [0, 0.1) is 13.8 Å². The summed E-state index contributed by atoms with van der Waals surface area (Å²) in [6, 6.07) is 6.26. The van der Waals surface area contributed by atoms with Crippen molar-refractivity contribution in [1.29, 1.82) is 0 Å². The van der Waals surface area contributed by atoms with Crippen LogP contribution in [0.4, 0.5) is 5.69 Å². The molecule has 2 aromatic rings. The summed E-state index contributed by atoms with van der Waals surface area (Å²) in [4.78, 5) is 4.71. The van der Waals surface area contributed by atoms with E-state index in [0.717, 1.165) is 27.8 Å². The number of rotatable bonds is 2. The highest BCUT2D eigenvalue weighted by Gasteiger charge is 2.12. The number of fused-ring (bicyclic) bond motifs is 1. The molecule has 17 heavy (non-hydrogen) atoms. The van der Waals surface area contributed by atoms with Crippen LogP contribution < -0.4 is 11.3 Å². The molecule has 0 aliphatic carbocycles. The number of aryl methyl sites for hydroxylation is 1. The molecule has 0 aliphatic heterocycles. The number of nitrogens with one attached hydrogen (secondary N) is 1. The Balaban J connectivity index is 2.89. The van der Waals surface area contributed by atoms with Crippen LogP contribution in [0.2, 0.25) is 0 Å². The summed E-state index contributed by atoms with van der Waals surface area (Å²) in [6.07, 6.45) is 0. The fourth-order valence-corrected chi connectivity index (χ4v) is 2.17. The number of hydrogen-bond acceptors (Lipinski definition) is 3. The fourth-order valence-electron chi connectivity index (χ4n) is 2.17. The molecule has 0 amide bonds. The van der Waals surface area contributed by atoms with Gasteiger partial charge in [-0.25, -0.2) is 0 Å². The third kappa shape index (κ3) is 1.87. The maximum absolute atomic E-state index is 5.63. The highest BCUT2D eigenvalue weighted by Crippen LogP contribution is 2.31. The minimum absolute atomic E-state index is 0.457. The first kappa shape index (κ1) is 11.9. The van der Waals surface area contributed by atoms with Crippen molar-refractivity contribution in [2.75, 3.05) is 5.43 Å². The molecule has 1 heterocycles. The van der Waals surface area contributed by atoms with Gasteiger partial charge in [-0.15, -0.1) is 0 Å². The number of para-hydroxylation sites is 1. The van der Waals surface area contributed by atoms with Crippen molar-refractivity contribution in [3.05, 3.63) is 35.0 Å². The van der Waals surface area contributed by atoms with Gasteiger partial charge >= 0.3 is 0 Å². The molecule has 0 saturated carbocycles. The van der Waals surface area contributed by atoms with Gasteiger partial charge in [0.1, 0.15) is 0 Å². The quantitative estimate of drug-likeness (QED) is 0.614. The van der Waals surface area contributed by atoms with E-state index in [1.165, 1.54) is 5.56 Å². The lowest BCUT2D eigenvalue weighted by Gasteiger charge is -2.15. The van der Waals surface area contributed by atoms with Gasteiger partial charge in [-0.2, -0.15) is 0 Å². The Morgan fingerprint density at radius 2 is 1.94 bits per heavy atom. The topological polar surface area (TPSA) is 50.9 Å². The molecule has 0 aliphatic rings. The molecule has 3 heteroatoms. The Morgan fingerprint density at radius 3 is 2.53 bits per heavy atom. The normalized spacial score (nSPS) is 11.2. The largest absolute Gasteiger partial charge is 0.323 e. The van der Waals surface area contributed by atoms with Crippen molar-refractivity contribution in [1.82, 2.24) is 4.98 Å². The highest BCUT2D eigenvalue weighted by molar-refractivity contribution is 5.95. The molecule has 1 aromatic heterocycles. The summed E-state index contributed by atoms with van der Waals surface area (Å²) < 4.78 is 0. The second kappa shape index (κ2) is 4.34. The Bertz CT molecular complexity index is 559. The van der Waals surface area contributed by atoms with Crippen LogP contribution in [0.1, 0.15) is 36.6 Å². The van der Waals surface area contributed by atoms with Gasteiger partial charge in [0.25, 0.3) is 0 Å². The van der Waals surface area contributed by atoms with E-state index in [9.17, 15) is 0 Å². The lowest BCUT2D eigenvalue weighted by Crippen LogP contribution is -2.10. The number of anilines is 1. The van der Waals surface area contributed by atoms with E-state index in [-0.39, 0.29) is 0 Å². The van der Waals surface area contributed by atoms with Crippen LogP contribution in [0.25, 0.3) is 10.9 Å². The first-order valence-electron chi connectivity index (χ1n) is 5.92. The van der Waals surface area contributed by atoms with Gasteiger partial charge in [-0.05, 0) is 30.9 Å². The number of hydrogen-bond donors (Lipinski definition) is 2. The van der Waals surface area contributed by atoms with Crippen LogP contribution in [0.5, 0.6) is 0 Å². The Morgan fingerprint density at radius 1 is 1.24 bits per heavy atom. The summed E-state index contributed by atoms with van der Waals surface area (Å²) in [5.74, 6) is 6.09. The molecule has 0 unspecified atom stereocenters. The van der Waals surface area contributed by atoms with Gasteiger partial charge in [0, 0.05) is 11.1 Å². The minimum Gasteiger partial charge on any atom is -0.323 e. The van der Waals surface area contributed by atoms with Crippen molar-refractivity contribution in [2.45, 2.75) is 33.6 Å². The number of aromatic nitrogens is 1. The lowest BCUT2D eigenvalue weighted by molar-refractivity contribution is 0.872. The maximum atomic E-state index is 5.63. The van der Waals surface area contributed by atoms with Gasteiger partial charge in [-0.3, -0.25) is 10.8 Å². The SMILES string of the molecule is Cc1nc2c(C(C)C)cccc2c(NN)c1C. The molecular weight excluding hydrogens is 210 g/mol. The zero-order valence-electron chi connectivity index (χ0n) is 10.8. The Labute approximate surface area is 102 Å². The smallest absolute Gasteiger partial charge is 0.0761 e. The van der Waals surface area contributed by atoms with E-state index in [2.05, 4.69) is 37.5 Å². The number of nitrogens with zero attached hydrogens (tertiary/aromatic N) is 1. The monoisotopic (exact) mass is 229 g/mol. The number of hydrazine groups is 1. The highest BCUT2D eigenvalue weighted by atomic mass is 15.2. The molecule has 0 bridgehead atoms. The summed E-state index contributed by atoms with van der Waals surface area (Å²) in [5, 5.41) is 1.10. The number of nitrogen functional groups attached to an aromatic ring is 1. The molecule has 0 saturated heterocycles. The summed E-state index contributed by atoms with van der Waals surface area (Å²) in [7, 11) is 0. The average Bonchev–Trinajstić information content (AvgIpc) is 2.30. The molecule has 0 fully saturated rings. The zero-order valence-corrected chi connectivity index (χ0v) is 10.8. The van der Waals surface area contributed by atoms with E-state index >= 15 is 0 Å². The van der Waals surface area contributed by atoms with E-state index in [0.29, 0.717) is 5.92 Å². The number of nitrogens with two attached hydrogens (primary N) is 1. The van der Waals surface area contributed by atoms with Crippen LogP contribution in [0.15, 0.2) is 18.2 Å². The van der Waals surface area contributed by atoms with Crippen molar-refractivity contribution in [3.63, 3.8) is 0 Å². The van der Waals surface area contributed by atoms with Crippen molar-refractivity contribution >= 4 is 16.6 Å². The Hall–Kier alpha value is -1.61. The van der Waals surface area contributed by atoms with E-state index < -0.39 is 0 Å². The molecule has 3 N–H and O–H groups in total. The van der Waals surface area contributed by atoms with Crippen molar-refractivity contribution < 1.29 is 0 Å². The molecular formula is C14H19N3.